The van der Waals surface area contributed by atoms with Gasteiger partial charge in [-0.1, -0.05) is 13.8 Å². The summed E-state index contributed by atoms with van der Waals surface area (Å²) < 4.78 is 0.773. The minimum absolute atomic E-state index is 0.361. The fraction of sp³-hybridized carbons (Fsp3) is 0.556. The second-order valence-electron chi connectivity index (χ2n) is 4.21. The van der Waals surface area contributed by atoms with Gasteiger partial charge in [-0.05, 0) is 27.8 Å². The van der Waals surface area contributed by atoms with Crippen molar-refractivity contribution in [1.29, 1.82) is 0 Å². The van der Waals surface area contributed by atoms with Gasteiger partial charge in [0, 0.05) is 12.1 Å². The highest BCUT2D eigenvalue weighted by atomic mass is 79.9. The number of anilines is 1. The molecule has 70 valence electrons. The van der Waals surface area contributed by atoms with Gasteiger partial charge in [-0.25, -0.2) is 9.97 Å². The maximum absolute atomic E-state index is 5.68. The summed E-state index contributed by atoms with van der Waals surface area (Å²) in [7, 11) is 0. The van der Waals surface area contributed by atoms with Gasteiger partial charge in [0.15, 0.2) is 0 Å². The van der Waals surface area contributed by atoms with Crippen LogP contribution in [0.2, 0.25) is 0 Å². The van der Waals surface area contributed by atoms with E-state index in [0.717, 1.165) is 16.7 Å². The lowest BCUT2D eigenvalue weighted by Gasteiger charge is -2.03. The van der Waals surface area contributed by atoms with E-state index in [0.29, 0.717) is 17.2 Å². The van der Waals surface area contributed by atoms with E-state index in [1.165, 1.54) is 0 Å². The lowest BCUT2D eigenvalue weighted by atomic mass is 10.1. The van der Waals surface area contributed by atoms with E-state index < -0.39 is 0 Å². The minimum Gasteiger partial charge on any atom is -0.383 e. The van der Waals surface area contributed by atoms with Crippen LogP contribution in [-0.4, -0.2) is 9.97 Å². The summed E-state index contributed by atoms with van der Waals surface area (Å²) in [4.78, 5) is 8.51. The molecule has 2 rings (SSSR count). The van der Waals surface area contributed by atoms with Crippen molar-refractivity contribution >= 4 is 21.7 Å². The Hall–Kier alpha value is -0.640. The molecule has 0 saturated heterocycles. The number of hydrogen-bond donors (Lipinski definition) is 1. The largest absolute Gasteiger partial charge is 0.383 e. The standard InChI is InChI=1S/C9H12BrN3/c1-9(2)3-5(9)8-12-4-6(10)7(11)13-8/h4-5H,3H2,1-2H3,(H2,11,12,13). The van der Waals surface area contributed by atoms with Gasteiger partial charge < -0.3 is 5.73 Å². The molecule has 13 heavy (non-hydrogen) atoms. The van der Waals surface area contributed by atoms with Gasteiger partial charge in [-0.2, -0.15) is 0 Å². The zero-order valence-electron chi connectivity index (χ0n) is 7.71. The van der Waals surface area contributed by atoms with Crippen molar-refractivity contribution in [2.75, 3.05) is 5.73 Å². The zero-order chi connectivity index (χ0) is 9.64. The molecule has 1 aromatic heterocycles. The number of halogens is 1. The maximum atomic E-state index is 5.68. The topological polar surface area (TPSA) is 51.8 Å². The molecule has 2 N–H and O–H groups in total. The van der Waals surface area contributed by atoms with Gasteiger partial charge in [-0.3, -0.25) is 0 Å². The molecule has 4 heteroatoms. The van der Waals surface area contributed by atoms with Crippen LogP contribution in [0.1, 0.15) is 32.0 Å². The molecule has 0 aliphatic heterocycles. The second kappa shape index (κ2) is 2.67. The van der Waals surface area contributed by atoms with Crippen LogP contribution >= 0.6 is 15.9 Å². The molecule has 1 aliphatic rings. The summed E-state index contributed by atoms with van der Waals surface area (Å²) in [6, 6.07) is 0. The third-order valence-electron chi connectivity index (χ3n) is 2.61. The second-order valence-corrected chi connectivity index (χ2v) is 5.06. The summed E-state index contributed by atoms with van der Waals surface area (Å²) in [6.07, 6.45) is 2.89. The first kappa shape index (κ1) is 8.94. The van der Waals surface area contributed by atoms with E-state index in [-0.39, 0.29) is 0 Å². The number of hydrogen-bond acceptors (Lipinski definition) is 3. The van der Waals surface area contributed by atoms with E-state index in [2.05, 4.69) is 39.7 Å². The molecule has 0 amide bonds. The SMILES string of the molecule is CC1(C)CC1c1ncc(Br)c(N)n1. The minimum atomic E-state index is 0.361. The normalized spacial score (nSPS) is 24.4. The van der Waals surface area contributed by atoms with Gasteiger partial charge in [0.05, 0.1) is 4.47 Å². The molecular formula is C9H12BrN3. The van der Waals surface area contributed by atoms with Gasteiger partial charge in [-0.15, -0.1) is 0 Å². The predicted molar refractivity (Wildman–Crippen MR) is 55.3 cm³/mol. The summed E-state index contributed by atoms with van der Waals surface area (Å²) in [5.41, 5.74) is 6.04. The first-order valence-corrected chi connectivity index (χ1v) is 5.08. The number of nitrogen functional groups attached to an aromatic ring is 1. The molecule has 0 radical (unpaired) electrons. The third kappa shape index (κ3) is 1.55. The van der Waals surface area contributed by atoms with Crippen LogP contribution in [0.5, 0.6) is 0 Å². The molecule has 1 atom stereocenters. The summed E-state index contributed by atoms with van der Waals surface area (Å²) in [5, 5.41) is 0. The maximum Gasteiger partial charge on any atom is 0.141 e. The molecule has 1 aliphatic carbocycles. The number of nitrogens with two attached hydrogens (primary N) is 1. The highest BCUT2D eigenvalue weighted by molar-refractivity contribution is 9.10. The molecule has 0 bridgehead atoms. The molecule has 1 saturated carbocycles. The fourth-order valence-corrected chi connectivity index (χ4v) is 1.66. The number of aromatic nitrogens is 2. The summed E-state index contributed by atoms with van der Waals surface area (Å²) in [5.74, 6) is 1.90. The highest BCUT2D eigenvalue weighted by Crippen LogP contribution is 2.57. The van der Waals surface area contributed by atoms with Crippen LogP contribution in [-0.2, 0) is 0 Å². The van der Waals surface area contributed by atoms with Crippen LogP contribution in [0.3, 0.4) is 0 Å². The Morgan fingerprint density at radius 2 is 2.23 bits per heavy atom. The Morgan fingerprint density at radius 1 is 1.62 bits per heavy atom. The Bertz CT molecular complexity index is 349. The van der Waals surface area contributed by atoms with Gasteiger partial charge in [0.2, 0.25) is 0 Å². The lowest BCUT2D eigenvalue weighted by molar-refractivity contribution is 0.608. The molecule has 1 unspecified atom stereocenters. The van der Waals surface area contributed by atoms with Crippen molar-refractivity contribution < 1.29 is 0 Å². The van der Waals surface area contributed by atoms with Crippen molar-refractivity contribution in [1.82, 2.24) is 9.97 Å². The van der Waals surface area contributed by atoms with Gasteiger partial charge >= 0.3 is 0 Å². The van der Waals surface area contributed by atoms with Crippen LogP contribution in [0.25, 0.3) is 0 Å². The summed E-state index contributed by atoms with van der Waals surface area (Å²) >= 11 is 3.28. The molecule has 1 fully saturated rings. The summed E-state index contributed by atoms with van der Waals surface area (Å²) in [6.45, 7) is 4.44. The van der Waals surface area contributed by atoms with E-state index in [1.54, 1.807) is 6.20 Å². The van der Waals surface area contributed by atoms with Crippen LogP contribution < -0.4 is 5.73 Å². The molecule has 1 heterocycles. The quantitative estimate of drug-likeness (QED) is 0.822. The van der Waals surface area contributed by atoms with E-state index in [4.69, 9.17) is 5.73 Å². The van der Waals surface area contributed by atoms with Crippen molar-refractivity contribution in [2.24, 2.45) is 5.41 Å². The van der Waals surface area contributed by atoms with Crippen molar-refractivity contribution in [3.63, 3.8) is 0 Å². The first-order valence-electron chi connectivity index (χ1n) is 4.28. The van der Waals surface area contributed by atoms with Gasteiger partial charge in [0.25, 0.3) is 0 Å². The first-order chi connectivity index (χ1) is 6.00. The Morgan fingerprint density at radius 3 is 2.69 bits per heavy atom. The zero-order valence-corrected chi connectivity index (χ0v) is 9.30. The van der Waals surface area contributed by atoms with Gasteiger partial charge in [0.1, 0.15) is 11.6 Å². The number of nitrogens with zero attached hydrogens (tertiary/aromatic N) is 2. The monoisotopic (exact) mass is 241 g/mol. The fourth-order valence-electron chi connectivity index (χ4n) is 1.47. The number of rotatable bonds is 1. The Labute approximate surface area is 85.9 Å². The predicted octanol–water partition coefficient (Wildman–Crippen LogP) is 2.33. The highest BCUT2D eigenvalue weighted by Gasteiger charge is 2.48. The average Bonchev–Trinajstić information content (AvgIpc) is 2.66. The Balaban J connectivity index is 2.29. The van der Waals surface area contributed by atoms with E-state index in [9.17, 15) is 0 Å². The molecule has 3 nitrogen and oxygen atoms in total. The van der Waals surface area contributed by atoms with Crippen LogP contribution in [0, 0.1) is 5.41 Å². The lowest BCUT2D eigenvalue weighted by Crippen LogP contribution is -2.01. The van der Waals surface area contributed by atoms with E-state index in [1.807, 2.05) is 0 Å². The molecule has 0 spiro atoms. The van der Waals surface area contributed by atoms with Crippen molar-refractivity contribution in [3.8, 4) is 0 Å². The van der Waals surface area contributed by atoms with Crippen LogP contribution in [0.4, 0.5) is 5.82 Å². The molecule has 1 aromatic rings. The van der Waals surface area contributed by atoms with Crippen molar-refractivity contribution in [2.45, 2.75) is 26.2 Å². The van der Waals surface area contributed by atoms with Crippen molar-refractivity contribution in [3.05, 3.63) is 16.5 Å². The Kier molecular flexibility index (Phi) is 1.84. The third-order valence-corrected chi connectivity index (χ3v) is 3.23. The molecular weight excluding hydrogens is 230 g/mol. The average molecular weight is 242 g/mol. The smallest absolute Gasteiger partial charge is 0.141 e. The van der Waals surface area contributed by atoms with E-state index >= 15 is 0 Å². The molecule has 0 aromatic carbocycles. The van der Waals surface area contributed by atoms with Crippen LogP contribution in [0.15, 0.2) is 10.7 Å².